The quantitative estimate of drug-likeness (QED) is 0.915. The maximum absolute atomic E-state index is 13.0. The Hall–Kier alpha value is -2.04. The van der Waals surface area contributed by atoms with E-state index in [1.165, 1.54) is 11.3 Å². The predicted molar refractivity (Wildman–Crippen MR) is 98.1 cm³/mol. The second-order valence-corrected chi connectivity index (χ2v) is 9.04. The molecule has 2 unspecified atom stereocenters. The summed E-state index contributed by atoms with van der Waals surface area (Å²) in [5, 5.41) is 0. The lowest BCUT2D eigenvalue weighted by Gasteiger charge is -2.39. The monoisotopic (exact) mass is 343 g/mol. The largest absolute Gasteiger partial charge is 0.351 e. The van der Waals surface area contributed by atoms with Gasteiger partial charge in [0.05, 0.1) is 0 Å². The van der Waals surface area contributed by atoms with Crippen molar-refractivity contribution in [3.63, 3.8) is 0 Å². The van der Waals surface area contributed by atoms with Crippen molar-refractivity contribution in [2.24, 2.45) is 16.6 Å². The Morgan fingerprint density at radius 3 is 2.44 bits per heavy atom. The summed E-state index contributed by atoms with van der Waals surface area (Å²) in [4.78, 5) is 27.7. The highest BCUT2D eigenvalue weighted by molar-refractivity contribution is 5.94. The molecule has 0 aromatic heterocycles. The van der Waals surface area contributed by atoms with E-state index in [0.717, 1.165) is 30.5 Å². The number of benzene rings is 1. The van der Waals surface area contributed by atoms with Crippen LogP contribution in [0.3, 0.4) is 0 Å². The number of hydrogen-bond acceptors (Lipinski definition) is 2. The number of primary amides is 1. The van der Waals surface area contributed by atoms with Gasteiger partial charge in [-0.2, -0.15) is 0 Å². The maximum Gasteiger partial charge on any atom is 0.314 e. The van der Waals surface area contributed by atoms with Crippen molar-refractivity contribution in [3.05, 3.63) is 35.4 Å². The first kappa shape index (κ1) is 17.8. The van der Waals surface area contributed by atoms with Crippen molar-refractivity contribution in [1.29, 1.82) is 0 Å². The summed E-state index contributed by atoms with van der Waals surface area (Å²) in [6, 6.07) is 7.42. The Morgan fingerprint density at radius 1 is 1.20 bits per heavy atom. The van der Waals surface area contributed by atoms with Crippen LogP contribution in [0.15, 0.2) is 24.3 Å². The van der Waals surface area contributed by atoms with Gasteiger partial charge in [-0.25, -0.2) is 4.79 Å². The predicted octanol–water partition coefficient (Wildman–Crippen LogP) is 3.24. The SMILES string of the molecule is CN(Cc1ccc(C(=O)N2CC3(C)CC2CC(C)(C)C3)cc1)C(N)=O. The van der Waals surface area contributed by atoms with E-state index in [1.807, 2.05) is 24.3 Å². The molecule has 5 heteroatoms. The Bertz CT molecular complexity index is 683. The van der Waals surface area contributed by atoms with E-state index in [9.17, 15) is 9.59 Å². The molecule has 1 aliphatic heterocycles. The van der Waals surface area contributed by atoms with Gasteiger partial charge in [0.25, 0.3) is 5.91 Å². The zero-order valence-corrected chi connectivity index (χ0v) is 15.7. The minimum Gasteiger partial charge on any atom is -0.351 e. The van der Waals surface area contributed by atoms with Crippen molar-refractivity contribution in [2.75, 3.05) is 13.6 Å². The zero-order valence-electron chi connectivity index (χ0n) is 15.7. The number of carbonyl (C=O) groups excluding carboxylic acids is 2. The molecule has 1 saturated heterocycles. The van der Waals surface area contributed by atoms with Gasteiger partial charge in [-0.15, -0.1) is 0 Å². The first-order valence-electron chi connectivity index (χ1n) is 8.99. The lowest BCUT2D eigenvalue weighted by Crippen LogP contribution is -2.37. The Balaban J connectivity index is 1.73. The third-order valence-electron chi connectivity index (χ3n) is 5.67. The molecule has 2 atom stereocenters. The molecule has 5 nitrogen and oxygen atoms in total. The van der Waals surface area contributed by atoms with Crippen LogP contribution < -0.4 is 5.73 Å². The van der Waals surface area contributed by atoms with Gasteiger partial charge in [0.2, 0.25) is 0 Å². The molecular formula is C20H29N3O2. The molecule has 2 N–H and O–H groups in total. The Kier molecular flexibility index (Phi) is 4.30. The molecule has 0 radical (unpaired) electrons. The van der Waals surface area contributed by atoms with Gasteiger partial charge in [0, 0.05) is 31.7 Å². The molecule has 2 bridgehead atoms. The third-order valence-corrected chi connectivity index (χ3v) is 5.67. The van der Waals surface area contributed by atoms with Gasteiger partial charge < -0.3 is 15.5 Å². The van der Waals surface area contributed by atoms with E-state index in [0.29, 0.717) is 18.0 Å². The number of nitrogens with zero attached hydrogens (tertiary/aromatic N) is 2. The second kappa shape index (κ2) is 6.04. The summed E-state index contributed by atoms with van der Waals surface area (Å²) >= 11 is 0. The van der Waals surface area contributed by atoms with Crippen molar-refractivity contribution >= 4 is 11.9 Å². The molecule has 25 heavy (non-hydrogen) atoms. The van der Waals surface area contributed by atoms with E-state index >= 15 is 0 Å². The number of amides is 3. The number of likely N-dealkylation sites (tertiary alicyclic amines) is 1. The van der Waals surface area contributed by atoms with Crippen molar-refractivity contribution in [3.8, 4) is 0 Å². The summed E-state index contributed by atoms with van der Waals surface area (Å²) < 4.78 is 0. The fourth-order valence-electron chi connectivity index (χ4n) is 4.97. The molecule has 1 heterocycles. The van der Waals surface area contributed by atoms with E-state index in [-0.39, 0.29) is 11.3 Å². The van der Waals surface area contributed by atoms with Gasteiger partial charge in [-0.05, 0) is 47.8 Å². The lowest BCUT2D eigenvalue weighted by molar-refractivity contribution is 0.0708. The van der Waals surface area contributed by atoms with Crippen LogP contribution in [0.2, 0.25) is 0 Å². The van der Waals surface area contributed by atoms with E-state index in [4.69, 9.17) is 5.73 Å². The van der Waals surface area contributed by atoms with E-state index in [1.54, 1.807) is 7.05 Å². The number of carbonyl (C=O) groups is 2. The van der Waals surface area contributed by atoms with Gasteiger partial charge in [-0.1, -0.05) is 32.9 Å². The normalized spacial score (nSPS) is 27.2. The second-order valence-electron chi connectivity index (χ2n) is 9.04. The fourth-order valence-corrected chi connectivity index (χ4v) is 4.97. The first-order chi connectivity index (χ1) is 11.6. The summed E-state index contributed by atoms with van der Waals surface area (Å²) in [5.41, 5.74) is 7.48. The fraction of sp³-hybridized carbons (Fsp3) is 0.600. The smallest absolute Gasteiger partial charge is 0.314 e. The molecule has 2 fully saturated rings. The van der Waals surface area contributed by atoms with Crippen molar-refractivity contribution in [1.82, 2.24) is 9.80 Å². The van der Waals surface area contributed by atoms with Crippen LogP contribution in [0.4, 0.5) is 4.79 Å². The van der Waals surface area contributed by atoms with Crippen LogP contribution in [0, 0.1) is 10.8 Å². The van der Waals surface area contributed by atoms with Gasteiger partial charge in [0.1, 0.15) is 0 Å². The molecule has 3 amide bonds. The number of rotatable bonds is 3. The highest BCUT2D eigenvalue weighted by atomic mass is 16.2. The summed E-state index contributed by atoms with van der Waals surface area (Å²) in [6.45, 7) is 8.25. The van der Waals surface area contributed by atoms with Crippen LogP contribution in [0.1, 0.15) is 56.0 Å². The Morgan fingerprint density at radius 2 is 1.84 bits per heavy atom. The van der Waals surface area contributed by atoms with Crippen molar-refractivity contribution in [2.45, 2.75) is 52.6 Å². The molecule has 1 aromatic rings. The molecular weight excluding hydrogens is 314 g/mol. The molecule has 2 aliphatic rings. The summed E-state index contributed by atoms with van der Waals surface area (Å²) in [6.07, 6.45) is 3.37. The number of hydrogen-bond donors (Lipinski definition) is 1. The first-order valence-corrected chi connectivity index (χ1v) is 8.99. The van der Waals surface area contributed by atoms with Crippen LogP contribution in [-0.4, -0.2) is 41.4 Å². The molecule has 1 saturated carbocycles. The highest BCUT2D eigenvalue weighted by Crippen LogP contribution is 2.52. The van der Waals surface area contributed by atoms with Crippen LogP contribution >= 0.6 is 0 Å². The third kappa shape index (κ3) is 3.65. The number of urea groups is 1. The molecule has 1 aliphatic carbocycles. The lowest BCUT2D eigenvalue weighted by atomic mass is 9.65. The van der Waals surface area contributed by atoms with Crippen LogP contribution in [0.5, 0.6) is 0 Å². The molecule has 0 spiro atoms. The Labute approximate surface area is 150 Å². The maximum atomic E-state index is 13.0. The topological polar surface area (TPSA) is 66.6 Å². The number of fused-ring (bicyclic) bond motifs is 2. The zero-order chi connectivity index (χ0) is 18.4. The van der Waals surface area contributed by atoms with E-state index < -0.39 is 6.03 Å². The van der Waals surface area contributed by atoms with Crippen LogP contribution in [-0.2, 0) is 6.54 Å². The highest BCUT2D eigenvalue weighted by Gasteiger charge is 2.50. The number of nitrogens with two attached hydrogens (primary N) is 1. The standard InChI is InChI=1S/C20H29N3O2/c1-19(2)9-16-10-20(3,12-19)13-23(16)17(24)15-7-5-14(6-8-15)11-22(4)18(21)25/h5-8,16H,9-13H2,1-4H3,(H2,21,25). The summed E-state index contributed by atoms with van der Waals surface area (Å²) in [5.74, 6) is 0.126. The van der Waals surface area contributed by atoms with Gasteiger partial charge >= 0.3 is 6.03 Å². The average molecular weight is 343 g/mol. The summed E-state index contributed by atoms with van der Waals surface area (Å²) in [7, 11) is 1.66. The average Bonchev–Trinajstić information content (AvgIpc) is 2.76. The van der Waals surface area contributed by atoms with E-state index in [2.05, 4.69) is 25.7 Å². The molecule has 1 aromatic carbocycles. The minimum atomic E-state index is -0.458. The molecule has 136 valence electrons. The van der Waals surface area contributed by atoms with Gasteiger partial charge in [0.15, 0.2) is 0 Å². The van der Waals surface area contributed by atoms with Gasteiger partial charge in [-0.3, -0.25) is 4.79 Å². The molecule has 3 rings (SSSR count). The minimum absolute atomic E-state index is 0.126. The van der Waals surface area contributed by atoms with Crippen LogP contribution in [0.25, 0.3) is 0 Å². The van der Waals surface area contributed by atoms with Crippen molar-refractivity contribution < 1.29 is 9.59 Å².